The Balaban J connectivity index is 2.29. The van der Waals surface area contributed by atoms with Crippen molar-refractivity contribution < 1.29 is 14.6 Å². The molecular weight excluding hydrogens is 108 g/mol. The van der Waals surface area contributed by atoms with Crippen molar-refractivity contribution in [1.29, 1.82) is 0 Å². The maximum absolute atomic E-state index is 10.1. The Morgan fingerprint density at radius 2 is 2.25 bits per heavy atom. The fourth-order valence-corrected chi connectivity index (χ4v) is 0.477. The van der Waals surface area contributed by atoms with E-state index in [4.69, 9.17) is 5.11 Å². The molecule has 1 saturated carbocycles. The molecule has 1 aliphatic carbocycles. The molecule has 0 aromatic carbocycles. The molecule has 0 aromatic heterocycles. The van der Waals surface area contributed by atoms with Gasteiger partial charge in [-0.3, -0.25) is 4.79 Å². The van der Waals surface area contributed by atoms with Crippen LogP contribution in [0.3, 0.4) is 0 Å². The van der Waals surface area contributed by atoms with Gasteiger partial charge in [-0.25, -0.2) is 0 Å². The molecule has 3 nitrogen and oxygen atoms in total. The Kier molecular flexibility index (Phi) is 1.01. The lowest BCUT2D eigenvalue weighted by atomic mass is 10.7. The van der Waals surface area contributed by atoms with Crippen LogP contribution in [0.25, 0.3) is 0 Å². The second-order valence-corrected chi connectivity index (χ2v) is 2.04. The molecule has 0 unspecified atom stereocenters. The molecule has 0 heterocycles. The minimum absolute atomic E-state index is 0.412. The number of esters is 1. The van der Waals surface area contributed by atoms with E-state index in [9.17, 15) is 4.79 Å². The lowest BCUT2D eigenvalue weighted by molar-refractivity contribution is -0.172. The summed E-state index contributed by atoms with van der Waals surface area (Å²) >= 11 is 0. The zero-order valence-electron chi connectivity index (χ0n) is 4.68. The zero-order chi connectivity index (χ0) is 6.20. The normalized spacial score (nSPS) is 22.2. The Morgan fingerprint density at radius 1 is 1.75 bits per heavy atom. The van der Waals surface area contributed by atoms with E-state index in [0.717, 1.165) is 0 Å². The van der Waals surface area contributed by atoms with Crippen molar-refractivity contribution in [3.05, 3.63) is 0 Å². The number of ether oxygens (including phenoxy) is 1. The van der Waals surface area contributed by atoms with Crippen LogP contribution in [0.15, 0.2) is 0 Å². The number of rotatable bonds is 1. The molecule has 1 rings (SSSR count). The van der Waals surface area contributed by atoms with Crippen LogP contribution in [0.2, 0.25) is 0 Å². The number of hydrogen-bond donors (Lipinski definition) is 1. The monoisotopic (exact) mass is 116 g/mol. The highest BCUT2D eigenvalue weighted by atomic mass is 16.7. The molecule has 0 aliphatic heterocycles. The van der Waals surface area contributed by atoms with Crippen LogP contribution in [0.4, 0.5) is 0 Å². The molecule has 8 heavy (non-hydrogen) atoms. The average molecular weight is 116 g/mol. The Morgan fingerprint density at radius 3 is 2.38 bits per heavy atom. The van der Waals surface area contributed by atoms with Crippen LogP contribution >= 0.6 is 0 Å². The lowest BCUT2D eigenvalue weighted by Gasteiger charge is -2.05. The summed E-state index contributed by atoms with van der Waals surface area (Å²) in [5, 5.41) is 8.86. The fourth-order valence-electron chi connectivity index (χ4n) is 0.477. The molecule has 0 aromatic rings. The molecule has 0 amide bonds. The number of carbonyl (C=O) groups excluding carboxylic acids is 1. The Bertz CT molecular complexity index is 115. The van der Waals surface area contributed by atoms with Gasteiger partial charge in [0.1, 0.15) is 0 Å². The van der Waals surface area contributed by atoms with Gasteiger partial charge in [0.2, 0.25) is 5.79 Å². The Hall–Kier alpha value is -0.570. The smallest absolute Gasteiger partial charge is 0.305 e. The summed E-state index contributed by atoms with van der Waals surface area (Å²) in [6.07, 6.45) is 1.18. The molecule has 1 aliphatic rings. The summed E-state index contributed by atoms with van der Waals surface area (Å²) in [6, 6.07) is 0. The predicted molar refractivity (Wildman–Crippen MR) is 25.9 cm³/mol. The van der Waals surface area contributed by atoms with Crippen LogP contribution in [-0.2, 0) is 9.53 Å². The molecule has 0 atom stereocenters. The van der Waals surface area contributed by atoms with Gasteiger partial charge in [0.05, 0.1) is 0 Å². The van der Waals surface area contributed by atoms with Crippen LogP contribution in [-0.4, -0.2) is 16.9 Å². The first-order chi connectivity index (χ1) is 3.62. The first-order valence-electron chi connectivity index (χ1n) is 2.54. The van der Waals surface area contributed by atoms with Crippen molar-refractivity contribution in [2.45, 2.75) is 25.6 Å². The van der Waals surface area contributed by atoms with E-state index in [2.05, 4.69) is 4.74 Å². The maximum atomic E-state index is 10.1. The number of carbonyl (C=O) groups is 1. The molecule has 0 radical (unpaired) electrons. The first-order valence-corrected chi connectivity index (χ1v) is 2.54. The van der Waals surface area contributed by atoms with E-state index in [1.807, 2.05) is 0 Å². The summed E-state index contributed by atoms with van der Waals surface area (Å²) in [4.78, 5) is 10.1. The van der Waals surface area contributed by atoms with E-state index in [0.29, 0.717) is 12.8 Å². The molecule has 0 spiro atoms. The van der Waals surface area contributed by atoms with Crippen molar-refractivity contribution in [3.63, 3.8) is 0 Å². The van der Waals surface area contributed by atoms with E-state index >= 15 is 0 Å². The van der Waals surface area contributed by atoms with Gasteiger partial charge in [-0.1, -0.05) is 0 Å². The molecular formula is C5H8O3. The van der Waals surface area contributed by atoms with Crippen molar-refractivity contribution in [2.75, 3.05) is 0 Å². The maximum Gasteiger partial charge on any atom is 0.305 e. The summed E-state index contributed by atoms with van der Waals surface area (Å²) in [6.45, 7) is 1.29. The molecule has 3 heteroatoms. The van der Waals surface area contributed by atoms with E-state index in [1.54, 1.807) is 0 Å². The van der Waals surface area contributed by atoms with E-state index < -0.39 is 11.8 Å². The number of aliphatic hydroxyl groups is 1. The van der Waals surface area contributed by atoms with Crippen LogP contribution in [0.5, 0.6) is 0 Å². The standard InChI is InChI=1S/C5H8O3/c1-4(6)8-5(7)2-3-5/h7H,2-3H2,1H3. The van der Waals surface area contributed by atoms with Crippen LogP contribution in [0, 0.1) is 0 Å². The molecule has 0 saturated heterocycles. The fraction of sp³-hybridized carbons (Fsp3) is 0.800. The van der Waals surface area contributed by atoms with Crippen molar-refractivity contribution >= 4 is 5.97 Å². The van der Waals surface area contributed by atoms with E-state index in [1.165, 1.54) is 6.92 Å². The van der Waals surface area contributed by atoms with Crippen LogP contribution in [0.1, 0.15) is 19.8 Å². The van der Waals surface area contributed by atoms with Crippen LogP contribution < -0.4 is 0 Å². The highest BCUT2D eigenvalue weighted by Gasteiger charge is 2.44. The Labute approximate surface area is 47.3 Å². The molecule has 1 fully saturated rings. The third-order valence-corrected chi connectivity index (χ3v) is 1.01. The third kappa shape index (κ3) is 1.20. The van der Waals surface area contributed by atoms with Gasteiger partial charge in [-0.2, -0.15) is 0 Å². The molecule has 46 valence electrons. The summed E-state index contributed by atoms with van der Waals surface area (Å²) < 4.78 is 4.47. The van der Waals surface area contributed by atoms with Gasteiger partial charge >= 0.3 is 5.97 Å². The predicted octanol–water partition coefficient (Wildman–Crippen LogP) is 0.0319. The molecule has 0 bridgehead atoms. The lowest BCUT2D eigenvalue weighted by Crippen LogP contribution is -2.15. The highest BCUT2D eigenvalue weighted by Crippen LogP contribution is 2.35. The highest BCUT2D eigenvalue weighted by molar-refractivity contribution is 5.66. The van der Waals surface area contributed by atoms with E-state index in [-0.39, 0.29) is 0 Å². The SMILES string of the molecule is CC(=O)OC1(O)CC1. The van der Waals surface area contributed by atoms with Crippen molar-refractivity contribution in [2.24, 2.45) is 0 Å². The average Bonchev–Trinajstić information content (AvgIpc) is 2.17. The zero-order valence-corrected chi connectivity index (χ0v) is 4.68. The van der Waals surface area contributed by atoms with Gasteiger partial charge in [-0.05, 0) is 0 Å². The van der Waals surface area contributed by atoms with Gasteiger partial charge in [0.25, 0.3) is 0 Å². The second kappa shape index (κ2) is 1.45. The minimum atomic E-state index is -1.08. The molecule has 1 N–H and O–H groups in total. The summed E-state index contributed by atoms with van der Waals surface area (Å²) in [7, 11) is 0. The topological polar surface area (TPSA) is 46.5 Å². The van der Waals surface area contributed by atoms with Gasteiger partial charge in [-0.15, -0.1) is 0 Å². The first kappa shape index (κ1) is 5.56. The largest absolute Gasteiger partial charge is 0.433 e. The van der Waals surface area contributed by atoms with Crippen molar-refractivity contribution in [3.8, 4) is 0 Å². The van der Waals surface area contributed by atoms with Crippen molar-refractivity contribution in [1.82, 2.24) is 0 Å². The number of hydrogen-bond acceptors (Lipinski definition) is 3. The summed E-state index contributed by atoms with van der Waals surface area (Å²) in [5.74, 6) is -1.49. The second-order valence-electron chi connectivity index (χ2n) is 2.04. The minimum Gasteiger partial charge on any atom is -0.433 e. The summed E-state index contributed by atoms with van der Waals surface area (Å²) in [5.41, 5.74) is 0. The quantitative estimate of drug-likeness (QED) is 0.388. The third-order valence-electron chi connectivity index (χ3n) is 1.01. The van der Waals surface area contributed by atoms with Gasteiger partial charge in [0.15, 0.2) is 0 Å². The van der Waals surface area contributed by atoms with Gasteiger partial charge in [0, 0.05) is 19.8 Å². The van der Waals surface area contributed by atoms with Gasteiger partial charge < -0.3 is 9.84 Å².